The molecule has 3 amide bonds. The van der Waals surface area contributed by atoms with Crippen LogP contribution < -0.4 is 10.2 Å². The minimum atomic E-state index is -1.31. The van der Waals surface area contributed by atoms with E-state index >= 15 is 0 Å². The number of likely N-dealkylation sites (tertiary alicyclic amines) is 1. The van der Waals surface area contributed by atoms with E-state index in [1.54, 1.807) is 36.1 Å². The number of methoxy groups -OCH3 is 1. The Bertz CT molecular complexity index is 1600. The number of amides is 3. The molecular weight excluding hydrogens is 638 g/mol. The van der Waals surface area contributed by atoms with Gasteiger partial charge in [0.05, 0.1) is 43.2 Å². The smallest absolute Gasteiger partial charge is 0.313 e. The van der Waals surface area contributed by atoms with Gasteiger partial charge in [0, 0.05) is 25.8 Å². The van der Waals surface area contributed by atoms with Gasteiger partial charge in [-0.25, -0.2) is 0 Å². The van der Waals surface area contributed by atoms with Crippen molar-refractivity contribution in [2.24, 2.45) is 11.8 Å². The second kappa shape index (κ2) is 15.7. The van der Waals surface area contributed by atoms with Gasteiger partial charge in [-0.2, -0.15) is 0 Å². The summed E-state index contributed by atoms with van der Waals surface area (Å²) >= 11 is 0. The van der Waals surface area contributed by atoms with Crippen LogP contribution in [0, 0.1) is 25.7 Å². The lowest BCUT2D eigenvalue weighted by atomic mass is 9.70. The highest BCUT2D eigenvalue weighted by Crippen LogP contribution is 2.59. The summed E-state index contributed by atoms with van der Waals surface area (Å²) in [6.45, 7) is 13.0. The number of fused-ring (bicyclic) bond motifs is 1. The Balaban J connectivity index is 1.51. The minimum absolute atomic E-state index is 0.0550. The largest absolute Gasteiger partial charge is 0.455 e. The fourth-order valence-corrected chi connectivity index (χ4v) is 7.92. The van der Waals surface area contributed by atoms with Crippen molar-refractivity contribution in [3.8, 4) is 0 Å². The summed E-state index contributed by atoms with van der Waals surface area (Å²) in [4.78, 5) is 59.7. The van der Waals surface area contributed by atoms with Crippen LogP contribution in [-0.2, 0) is 33.4 Å². The SMILES string of the molecule is C=CCCC(=O)N[C@H](COC)[C@H](OC(=O)[C@@H]1[C@@H]2CC[C@]3(O2)[C@H](C(=O)N(CC=C)c2cc(C)ccc2C)N([C@H](C)CO)C(=O)[C@@H]13)c1ccccc1. The number of carbonyl (C=O) groups excluding carboxylic acids is 4. The van der Waals surface area contributed by atoms with E-state index in [-0.39, 0.29) is 38.0 Å². The van der Waals surface area contributed by atoms with E-state index in [4.69, 9.17) is 14.2 Å². The number of nitrogens with one attached hydrogen (secondary N) is 1. The first kappa shape index (κ1) is 36.9. The lowest BCUT2D eigenvalue weighted by Crippen LogP contribution is -2.58. The predicted octanol–water partition coefficient (Wildman–Crippen LogP) is 3.96. The van der Waals surface area contributed by atoms with Crippen molar-refractivity contribution < 1.29 is 38.5 Å². The van der Waals surface area contributed by atoms with Gasteiger partial charge in [-0.15, -0.1) is 13.2 Å². The second-order valence-electron chi connectivity index (χ2n) is 13.6. The molecule has 2 N–H and O–H groups in total. The van der Waals surface area contributed by atoms with Crippen LogP contribution >= 0.6 is 0 Å². The topological polar surface area (TPSA) is 135 Å². The Morgan fingerprint density at radius 3 is 2.56 bits per heavy atom. The maximum atomic E-state index is 14.8. The molecule has 268 valence electrons. The van der Waals surface area contributed by atoms with Crippen molar-refractivity contribution in [1.29, 1.82) is 0 Å². The van der Waals surface area contributed by atoms with Gasteiger partial charge in [-0.05, 0) is 62.8 Å². The fraction of sp³-hybridized carbons (Fsp3) is 0.487. The van der Waals surface area contributed by atoms with Crippen LogP contribution in [-0.4, -0.2) is 90.4 Å². The number of esters is 1. The van der Waals surface area contributed by atoms with Crippen molar-refractivity contribution in [2.45, 2.75) is 82.4 Å². The summed E-state index contributed by atoms with van der Waals surface area (Å²) < 4.78 is 18.4. The highest BCUT2D eigenvalue weighted by molar-refractivity contribution is 6.05. The van der Waals surface area contributed by atoms with Gasteiger partial charge in [-0.3, -0.25) is 19.2 Å². The van der Waals surface area contributed by atoms with Crippen LogP contribution in [0.3, 0.4) is 0 Å². The first-order valence-electron chi connectivity index (χ1n) is 17.3. The number of ether oxygens (including phenoxy) is 3. The number of hydrogen-bond acceptors (Lipinski definition) is 8. The third-order valence-electron chi connectivity index (χ3n) is 10.2. The molecule has 0 aliphatic carbocycles. The molecule has 3 aliphatic rings. The molecule has 1 spiro atoms. The van der Waals surface area contributed by atoms with Crippen LogP contribution in [0.25, 0.3) is 0 Å². The van der Waals surface area contributed by atoms with Gasteiger partial charge < -0.3 is 34.4 Å². The molecule has 50 heavy (non-hydrogen) atoms. The highest BCUT2D eigenvalue weighted by atomic mass is 16.6. The van der Waals surface area contributed by atoms with Crippen LogP contribution in [0.2, 0.25) is 0 Å². The summed E-state index contributed by atoms with van der Waals surface area (Å²) in [5, 5.41) is 13.3. The molecule has 11 nitrogen and oxygen atoms in total. The maximum absolute atomic E-state index is 14.8. The van der Waals surface area contributed by atoms with Gasteiger partial charge in [0.1, 0.15) is 17.7 Å². The van der Waals surface area contributed by atoms with E-state index in [9.17, 15) is 24.3 Å². The Labute approximate surface area is 294 Å². The van der Waals surface area contributed by atoms with E-state index in [2.05, 4.69) is 18.5 Å². The first-order chi connectivity index (χ1) is 24.0. The molecule has 0 radical (unpaired) electrons. The molecule has 3 saturated heterocycles. The monoisotopic (exact) mass is 687 g/mol. The molecular formula is C39H49N3O8. The number of carbonyl (C=O) groups is 4. The molecule has 0 aromatic heterocycles. The van der Waals surface area contributed by atoms with Gasteiger partial charge in [0.2, 0.25) is 11.8 Å². The van der Waals surface area contributed by atoms with E-state index in [1.807, 2.05) is 50.2 Å². The molecule has 3 aliphatic heterocycles. The zero-order valence-electron chi connectivity index (χ0n) is 29.4. The Morgan fingerprint density at radius 2 is 1.90 bits per heavy atom. The van der Waals surface area contributed by atoms with Crippen molar-refractivity contribution >= 4 is 29.4 Å². The normalized spacial score (nSPS) is 25.4. The van der Waals surface area contributed by atoms with E-state index < -0.39 is 59.6 Å². The molecule has 3 fully saturated rings. The average Bonchev–Trinajstić information content (AvgIpc) is 3.76. The fourth-order valence-electron chi connectivity index (χ4n) is 7.92. The number of benzene rings is 2. The Kier molecular flexibility index (Phi) is 11.6. The van der Waals surface area contributed by atoms with Crippen molar-refractivity contribution in [3.05, 3.63) is 90.5 Å². The summed E-state index contributed by atoms with van der Waals surface area (Å²) in [5.41, 5.74) is 1.85. The molecule has 2 aromatic rings. The number of anilines is 1. The third-order valence-corrected chi connectivity index (χ3v) is 10.2. The van der Waals surface area contributed by atoms with Gasteiger partial charge >= 0.3 is 5.97 Å². The lowest BCUT2D eigenvalue weighted by Gasteiger charge is -2.38. The van der Waals surface area contributed by atoms with Crippen LogP contribution in [0.4, 0.5) is 5.69 Å². The van der Waals surface area contributed by atoms with Gasteiger partial charge in [0.15, 0.2) is 0 Å². The Morgan fingerprint density at radius 1 is 1.16 bits per heavy atom. The van der Waals surface area contributed by atoms with Crippen LogP contribution in [0.1, 0.15) is 55.4 Å². The molecule has 2 aromatic carbocycles. The third kappa shape index (κ3) is 6.86. The van der Waals surface area contributed by atoms with E-state index in [0.717, 1.165) is 11.1 Å². The summed E-state index contributed by atoms with van der Waals surface area (Å²) in [7, 11) is 1.50. The molecule has 0 saturated carbocycles. The molecule has 3 heterocycles. The molecule has 0 unspecified atom stereocenters. The molecule has 8 atom stereocenters. The van der Waals surface area contributed by atoms with Crippen LogP contribution in [0.15, 0.2) is 73.8 Å². The van der Waals surface area contributed by atoms with Crippen molar-refractivity contribution in [3.63, 3.8) is 0 Å². The minimum Gasteiger partial charge on any atom is -0.455 e. The molecule has 11 heteroatoms. The molecule has 5 rings (SSSR count). The zero-order chi connectivity index (χ0) is 36.2. The highest BCUT2D eigenvalue weighted by Gasteiger charge is 2.75. The summed E-state index contributed by atoms with van der Waals surface area (Å²) in [6, 6.07) is 12.3. The van der Waals surface area contributed by atoms with E-state index in [1.165, 1.54) is 12.0 Å². The van der Waals surface area contributed by atoms with E-state index in [0.29, 0.717) is 30.5 Å². The Hall–Kier alpha value is -4.32. The quantitative estimate of drug-likeness (QED) is 0.200. The summed E-state index contributed by atoms with van der Waals surface area (Å²) in [5.74, 6) is -3.74. The molecule has 2 bridgehead atoms. The predicted molar refractivity (Wildman–Crippen MR) is 188 cm³/mol. The number of hydrogen-bond donors (Lipinski definition) is 2. The number of aliphatic hydroxyl groups excluding tert-OH is 1. The average molecular weight is 688 g/mol. The van der Waals surface area contributed by atoms with Gasteiger partial charge in [0.25, 0.3) is 5.91 Å². The standard InChI is InChI=1S/C39H49N3O8/c1-7-9-15-31(44)40-28(23-48-6)34(27-13-11-10-12-14-27)49-38(47)32-30-18-19-39(50-30)33(32)36(45)42(26(5)22-43)35(39)37(46)41(20-8-2)29-21-24(3)16-17-25(29)4/h7-8,10-14,16-17,21,26,28,30,32-35,43H,1-2,9,15,18-20,22-23H2,3-6H3,(H,40,44)/t26-,28-,30+,32-,33-,34-,35+,39-/m1/s1. The lowest BCUT2D eigenvalue weighted by molar-refractivity contribution is -0.163. The first-order valence-corrected chi connectivity index (χ1v) is 17.3. The number of allylic oxidation sites excluding steroid dienone is 1. The number of nitrogens with zero attached hydrogens (tertiary/aromatic N) is 2. The number of aryl methyl sites for hydroxylation is 2. The van der Waals surface area contributed by atoms with Gasteiger partial charge in [-0.1, -0.05) is 54.6 Å². The second-order valence-corrected chi connectivity index (χ2v) is 13.6. The van der Waals surface area contributed by atoms with Crippen molar-refractivity contribution in [2.75, 3.05) is 31.8 Å². The van der Waals surface area contributed by atoms with Crippen molar-refractivity contribution in [1.82, 2.24) is 10.2 Å². The zero-order valence-corrected chi connectivity index (χ0v) is 29.4. The number of aliphatic hydroxyl groups is 1. The maximum Gasteiger partial charge on any atom is 0.313 e. The van der Waals surface area contributed by atoms with Crippen LogP contribution in [0.5, 0.6) is 0 Å². The summed E-state index contributed by atoms with van der Waals surface area (Å²) in [6.07, 6.45) is 3.18. The number of rotatable bonds is 16.